The van der Waals surface area contributed by atoms with E-state index in [1.54, 1.807) is 11.0 Å². The Labute approximate surface area is 141 Å². The Bertz CT molecular complexity index is 794. The number of rotatable bonds is 5. The molecule has 1 aromatic heterocycles. The topological polar surface area (TPSA) is 64.4 Å². The molecule has 0 radical (unpaired) electrons. The Hall–Kier alpha value is -2.21. The van der Waals surface area contributed by atoms with Crippen LogP contribution in [0.25, 0.3) is 10.9 Å². The van der Waals surface area contributed by atoms with Gasteiger partial charge in [-0.15, -0.1) is 0 Å². The van der Waals surface area contributed by atoms with Crippen LogP contribution in [-0.4, -0.2) is 46.7 Å². The largest absolute Gasteiger partial charge is 0.381 e. The number of likely N-dealkylation sites (N-methyl/N-ethyl adjacent to an activating group) is 1. The van der Waals surface area contributed by atoms with Crippen LogP contribution in [0.5, 0.6) is 0 Å². The molecular weight excluding hydrogens is 306 g/mol. The van der Waals surface area contributed by atoms with Crippen LogP contribution in [0.3, 0.4) is 0 Å². The standard InChI is InChI=1S/C18H23N3O3/c1-3-20(9-14-7-8-24-11-14)16(22)10-21-12-19-17-13(2)5-4-6-15(17)18(21)23/h4-6,12,14H,3,7-11H2,1-2H3/t14-/m0/s1. The van der Waals surface area contributed by atoms with Crippen molar-refractivity contribution in [1.29, 1.82) is 0 Å². The maximum absolute atomic E-state index is 12.6. The SMILES string of the molecule is CCN(C[C@@H]1CCOC1)C(=O)Cn1cnc2c(C)cccc2c1=O. The summed E-state index contributed by atoms with van der Waals surface area (Å²) in [6.07, 6.45) is 2.46. The zero-order valence-electron chi connectivity index (χ0n) is 14.2. The predicted molar refractivity (Wildman–Crippen MR) is 91.9 cm³/mol. The number of aryl methyl sites for hydroxylation is 1. The van der Waals surface area contributed by atoms with E-state index in [1.165, 1.54) is 10.9 Å². The highest BCUT2D eigenvalue weighted by Crippen LogP contribution is 2.14. The van der Waals surface area contributed by atoms with Gasteiger partial charge in [-0.3, -0.25) is 14.2 Å². The summed E-state index contributed by atoms with van der Waals surface area (Å²) in [5.74, 6) is 0.336. The highest BCUT2D eigenvalue weighted by atomic mass is 16.5. The number of nitrogens with zero attached hydrogens (tertiary/aromatic N) is 3. The summed E-state index contributed by atoms with van der Waals surface area (Å²) in [6, 6.07) is 5.52. The molecule has 1 saturated heterocycles. The van der Waals surface area contributed by atoms with Crippen molar-refractivity contribution in [2.75, 3.05) is 26.3 Å². The minimum absolute atomic E-state index is 0.0249. The highest BCUT2D eigenvalue weighted by Gasteiger charge is 2.22. The average Bonchev–Trinajstić information content (AvgIpc) is 3.09. The van der Waals surface area contributed by atoms with Gasteiger partial charge in [0.15, 0.2) is 0 Å². The van der Waals surface area contributed by atoms with Crippen molar-refractivity contribution in [3.63, 3.8) is 0 Å². The first-order chi connectivity index (χ1) is 11.6. The first-order valence-corrected chi connectivity index (χ1v) is 8.40. The summed E-state index contributed by atoms with van der Waals surface area (Å²) < 4.78 is 6.78. The summed E-state index contributed by atoms with van der Waals surface area (Å²) in [7, 11) is 0. The number of benzene rings is 1. The lowest BCUT2D eigenvalue weighted by Crippen LogP contribution is -2.39. The Morgan fingerprint density at radius 1 is 1.46 bits per heavy atom. The smallest absolute Gasteiger partial charge is 0.261 e. The number of hydrogen-bond acceptors (Lipinski definition) is 4. The van der Waals surface area contributed by atoms with E-state index in [1.807, 2.05) is 26.0 Å². The lowest BCUT2D eigenvalue weighted by Gasteiger charge is -2.24. The third kappa shape index (κ3) is 3.33. The van der Waals surface area contributed by atoms with Crippen LogP contribution >= 0.6 is 0 Å². The summed E-state index contributed by atoms with van der Waals surface area (Å²) >= 11 is 0. The number of ether oxygens (including phenoxy) is 1. The van der Waals surface area contributed by atoms with Crippen molar-refractivity contribution >= 4 is 16.8 Å². The van der Waals surface area contributed by atoms with E-state index in [9.17, 15) is 9.59 Å². The molecule has 0 aliphatic carbocycles. The third-order valence-electron chi connectivity index (χ3n) is 4.60. The first kappa shape index (κ1) is 16.6. The van der Waals surface area contributed by atoms with Gasteiger partial charge >= 0.3 is 0 Å². The molecule has 0 unspecified atom stereocenters. The van der Waals surface area contributed by atoms with Gasteiger partial charge in [0.2, 0.25) is 5.91 Å². The number of hydrogen-bond donors (Lipinski definition) is 0. The molecule has 2 heterocycles. The van der Waals surface area contributed by atoms with Gasteiger partial charge < -0.3 is 9.64 Å². The molecule has 128 valence electrons. The van der Waals surface area contributed by atoms with Crippen molar-refractivity contribution in [3.8, 4) is 0 Å². The van der Waals surface area contributed by atoms with Crippen molar-refractivity contribution in [3.05, 3.63) is 40.4 Å². The summed E-state index contributed by atoms with van der Waals surface area (Å²) in [5, 5.41) is 0.553. The minimum Gasteiger partial charge on any atom is -0.381 e. The number of aromatic nitrogens is 2. The maximum atomic E-state index is 12.6. The van der Waals surface area contributed by atoms with E-state index in [0.717, 1.165) is 18.6 Å². The fourth-order valence-electron chi connectivity index (χ4n) is 3.14. The van der Waals surface area contributed by atoms with Crippen molar-refractivity contribution in [2.24, 2.45) is 5.92 Å². The fraction of sp³-hybridized carbons (Fsp3) is 0.500. The van der Waals surface area contributed by atoms with Crippen molar-refractivity contribution < 1.29 is 9.53 Å². The van der Waals surface area contributed by atoms with Crippen LogP contribution in [-0.2, 0) is 16.1 Å². The van der Waals surface area contributed by atoms with Gasteiger partial charge in [-0.1, -0.05) is 12.1 Å². The molecule has 1 atom stereocenters. The molecule has 1 aliphatic rings. The molecule has 1 amide bonds. The number of amides is 1. The molecular formula is C18H23N3O3. The molecule has 6 nitrogen and oxygen atoms in total. The van der Waals surface area contributed by atoms with Crippen LogP contribution in [0.2, 0.25) is 0 Å². The normalized spacial score (nSPS) is 17.3. The fourth-order valence-corrected chi connectivity index (χ4v) is 3.14. The van der Waals surface area contributed by atoms with Crippen molar-refractivity contribution in [1.82, 2.24) is 14.5 Å². The second-order valence-electron chi connectivity index (χ2n) is 6.31. The molecule has 24 heavy (non-hydrogen) atoms. The van der Waals surface area contributed by atoms with E-state index >= 15 is 0 Å². The zero-order chi connectivity index (χ0) is 17.1. The van der Waals surface area contributed by atoms with Gasteiger partial charge in [0.05, 0.1) is 23.8 Å². The minimum atomic E-state index is -0.169. The first-order valence-electron chi connectivity index (χ1n) is 8.40. The maximum Gasteiger partial charge on any atom is 0.261 e. The Balaban J connectivity index is 1.79. The molecule has 1 aliphatic heterocycles. The Kier molecular flexibility index (Phi) is 4.94. The van der Waals surface area contributed by atoms with Gasteiger partial charge in [-0.25, -0.2) is 4.98 Å². The summed E-state index contributed by atoms with van der Waals surface area (Å²) in [6.45, 7) is 6.70. The quantitative estimate of drug-likeness (QED) is 0.836. The number of fused-ring (bicyclic) bond motifs is 1. The second-order valence-corrected chi connectivity index (χ2v) is 6.31. The molecule has 0 N–H and O–H groups in total. The van der Waals surface area contributed by atoms with Crippen LogP contribution in [0, 0.1) is 12.8 Å². The average molecular weight is 329 g/mol. The Morgan fingerprint density at radius 2 is 2.29 bits per heavy atom. The van der Waals surface area contributed by atoms with E-state index in [4.69, 9.17) is 4.74 Å². The van der Waals surface area contributed by atoms with Crippen molar-refractivity contribution in [2.45, 2.75) is 26.8 Å². The van der Waals surface area contributed by atoms with Crippen LogP contribution in [0.4, 0.5) is 0 Å². The zero-order valence-corrected chi connectivity index (χ0v) is 14.2. The van der Waals surface area contributed by atoms with Crippen LogP contribution < -0.4 is 5.56 Å². The van der Waals surface area contributed by atoms with Crippen LogP contribution in [0.15, 0.2) is 29.3 Å². The van der Waals surface area contributed by atoms with E-state index in [2.05, 4.69) is 4.98 Å². The molecule has 0 bridgehead atoms. The summed E-state index contributed by atoms with van der Waals surface area (Å²) in [4.78, 5) is 31.3. The molecule has 3 rings (SSSR count). The van der Waals surface area contributed by atoms with E-state index in [-0.39, 0.29) is 18.0 Å². The number of para-hydroxylation sites is 1. The van der Waals surface area contributed by atoms with Gasteiger partial charge in [0.1, 0.15) is 6.54 Å². The monoisotopic (exact) mass is 329 g/mol. The molecule has 0 spiro atoms. The molecule has 2 aromatic rings. The Morgan fingerprint density at radius 3 is 3.00 bits per heavy atom. The van der Waals surface area contributed by atoms with Gasteiger partial charge in [-0.05, 0) is 31.9 Å². The van der Waals surface area contributed by atoms with Crippen LogP contribution in [0.1, 0.15) is 18.9 Å². The van der Waals surface area contributed by atoms with E-state index in [0.29, 0.717) is 36.5 Å². The predicted octanol–water partition coefficient (Wildman–Crippen LogP) is 1.59. The lowest BCUT2D eigenvalue weighted by atomic mass is 10.1. The summed E-state index contributed by atoms with van der Waals surface area (Å²) in [5.41, 5.74) is 1.48. The lowest BCUT2D eigenvalue weighted by molar-refractivity contribution is -0.132. The third-order valence-corrected chi connectivity index (χ3v) is 4.60. The molecule has 0 saturated carbocycles. The number of carbonyl (C=O) groups is 1. The van der Waals surface area contributed by atoms with Gasteiger partial charge in [0, 0.05) is 25.6 Å². The highest BCUT2D eigenvalue weighted by molar-refractivity contribution is 5.81. The molecule has 1 aromatic carbocycles. The van der Waals surface area contributed by atoms with Gasteiger partial charge in [0.25, 0.3) is 5.56 Å². The number of carbonyl (C=O) groups excluding carboxylic acids is 1. The second kappa shape index (κ2) is 7.13. The molecule has 1 fully saturated rings. The van der Waals surface area contributed by atoms with E-state index < -0.39 is 0 Å². The molecule has 6 heteroatoms. The van der Waals surface area contributed by atoms with Gasteiger partial charge in [-0.2, -0.15) is 0 Å².